The number of H-pyrrole nitrogens is 1. The minimum atomic E-state index is -4.65. The molecule has 1 aliphatic heterocycles. The molecule has 0 spiro atoms. The van der Waals surface area contributed by atoms with E-state index in [1.54, 1.807) is 12.4 Å². The van der Waals surface area contributed by atoms with Crippen molar-refractivity contribution in [2.75, 3.05) is 18.0 Å². The van der Waals surface area contributed by atoms with Gasteiger partial charge in [0.25, 0.3) is 5.91 Å². The summed E-state index contributed by atoms with van der Waals surface area (Å²) in [6, 6.07) is 10.1. The van der Waals surface area contributed by atoms with Crippen molar-refractivity contribution in [3.8, 4) is 0 Å². The lowest BCUT2D eigenvalue weighted by Gasteiger charge is -2.46. The Hall–Kier alpha value is -4.85. The number of hydrogen-bond donors (Lipinski definition) is 2. The molecule has 14 heteroatoms. The molecule has 2 N–H and O–H groups in total. The van der Waals surface area contributed by atoms with Gasteiger partial charge in [0.05, 0.1) is 30.3 Å². The fraction of sp³-hybridized carbons (Fsp3) is 0.375. The van der Waals surface area contributed by atoms with Gasteiger partial charge in [-0.15, -0.1) is 10.2 Å². The van der Waals surface area contributed by atoms with Crippen LogP contribution in [0.4, 0.5) is 18.9 Å². The Balaban J connectivity index is 1.21. The number of aromatic nitrogens is 6. The number of amides is 2. The zero-order valence-electron chi connectivity index (χ0n) is 25.5. The molecule has 0 radical (unpaired) electrons. The van der Waals surface area contributed by atoms with Crippen molar-refractivity contribution >= 4 is 17.5 Å². The first kappa shape index (κ1) is 31.1. The Morgan fingerprint density at radius 2 is 2.07 bits per heavy atom. The van der Waals surface area contributed by atoms with E-state index in [2.05, 4.69) is 44.4 Å². The number of nitrogens with zero attached hydrogens (tertiary/aromatic N) is 7. The van der Waals surface area contributed by atoms with Gasteiger partial charge in [0, 0.05) is 37.9 Å². The number of halogens is 3. The van der Waals surface area contributed by atoms with E-state index >= 15 is 0 Å². The lowest BCUT2D eigenvalue weighted by Crippen LogP contribution is -2.43. The number of nitrogens with one attached hydrogen (secondary N) is 2. The number of alkyl halides is 3. The number of rotatable bonds is 11. The van der Waals surface area contributed by atoms with Crippen molar-refractivity contribution in [2.24, 2.45) is 13.0 Å². The zero-order valence-corrected chi connectivity index (χ0v) is 25.5. The maximum Gasteiger partial charge on any atom is 0.416 e. The second-order valence-corrected chi connectivity index (χ2v) is 12.1. The van der Waals surface area contributed by atoms with Crippen LogP contribution in [-0.2, 0) is 43.1 Å². The number of aryl methyl sites for hydroxylation is 1. The molecule has 1 aliphatic carbocycles. The van der Waals surface area contributed by atoms with Gasteiger partial charge in [0.15, 0.2) is 0 Å². The third kappa shape index (κ3) is 5.80. The van der Waals surface area contributed by atoms with Gasteiger partial charge >= 0.3 is 6.18 Å². The summed E-state index contributed by atoms with van der Waals surface area (Å²) in [4.78, 5) is 28.9. The molecule has 4 aromatic rings. The Morgan fingerprint density at radius 1 is 1.26 bits per heavy atom. The van der Waals surface area contributed by atoms with Crippen LogP contribution in [0, 0.1) is 5.92 Å². The van der Waals surface area contributed by atoms with Crippen molar-refractivity contribution in [1.29, 1.82) is 0 Å². The average molecular weight is 634 g/mol. The number of benzene rings is 2. The number of carbonyl (C=O) groups excluding carboxylic acids is 2. The Morgan fingerprint density at radius 3 is 2.72 bits per heavy atom. The topological polar surface area (TPSA) is 125 Å². The molecule has 240 valence electrons. The van der Waals surface area contributed by atoms with Gasteiger partial charge in [-0.3, -0.25) is 9.59 Å². The fourth-order valence-corrected chi connectivity index (χ4v) is 6.74. The number of carbonyl (C=O) groups is 2. The molecule has 6 rings (SSSR count). The highest BCUT2D eigenvalue weighted by Gasteiger charge is 2.48. The minimum absolute atomic E-state index is 0.0341. The van der Waals surface area contributed by atoms with E-state index < -0.39 is 17.6 Å². The first-order chi connectivity index (χ1) is 22.0. The lowest BCUT2D eigenvalue weighted by atomic mass is 9.58. The predicted molar refractivity (Wildman–Crippen MR) is 162 cm³/mol. The molecule has 0 saturated heterocycles. The summed E-state index contributed by atoms with van der Waals surface area (Å²) in [5, 5.41) is 21.7. The third-order valence-electron chi connectivity index (χ3n) is 8.84. The van der Waals surface area contributed by atoms with E-state index in [0.29, 0.717) is 22.9 Å². The normalized spacial score (nSPS) is 19.2. The molecule has 0 atom stereocenters. The molecule has 0 unspecified atom stereocenters. The quantitative estimate of drug-likeness (QED) is 0.188. The maximum atomic E-state index is 14.4. The second-order valence-electron chi connectivity index (χ2n) is 12.1. The van der Waals surface area contributed by atoms with Gasteiger partial charge in [0.2, 0.25) is 5.91 Å². The average Bonchev–Trinajstić information content (AvgIpc) is 3.77. The summed E-state index contributed by atoms with van der Waals surface area (Å²) in [6.45, 7) is 6.31. The van der Waals surface area contributed by atoms with E-state index in [1.165, 1.54) is 28.1 Å². The fourth-order valence-electron chi connectivity index (χ4n) is 6.74. The van der Waals surface area contributed by atoms with Crippen molar-refractivity contribution in [3.63, 3.8) is 0 Å². The molecule has 11 nitrogen and oxygen atoms in total. The Kier molecular flexibility index (Phi) is 8.23. The summed E-state index contributed by atoms with van der Waals surface area (Å²) in [7, 11) is 1.89. The van der Waals surface area contributed by atoms with Crippen LogP contribution in [0.25, 0.3) is 0 Å². The van der Waals surface area contributed by atoms with Crippen LogP contribution < -0.4 is 10.2 Å². The number of hydrogen-bond acceptors (Lipinski definition) is 7. The van der Waals surface area contributed by atoms with Crippen molar-refractivity contribution in [1.82, 2.24) is 40.4 Å². The Labute approximate surface area is 263 Å². The largest absolute Gasteiger partial charge is 0.416 e. The van der Waals surface area contributed by atoms with E-state index in [-0.39, 0.29) is 55.2 Å². The first-order valence-electron chi connectivity index (χ1n) is 15.0. The van der Waals surface area contributed by atoms with E-state index in [4.69, 9.17) is 0 Å². The molecular weight excluding hydrogens is 599 g/mol. The smallest absolute Gasteiger partial charge is 0.332 e. The number of aromatic amines is 1. The number of anilines is 1. The summed E-state index contributed by atoms with van der Waals surface area (Å²) >= 11 is 0. The zero-order chi connectivity index (χ0) is 32.6. The van der Waals surface area contributed by atoms with E-state index in [1.807, 2.05) is 29.8 Å². The third-order valence-corrected chi connectivity index (χ3v) is 8.84. The summed E-state index contributed by atoms with van der Waals surface area (Å²) in [5.41, 5.74) is 1.15. The van der Waals surface area contributed by atoms with Crippen molar-refractivity contribution in [3.05, 3.63) is 101 Å². The van der Waals surface area contributed by atoms with Crippen LogP contribution >= 0.6 is 0 Å². The van der Waals surface area contributed by atoms with Gasteiger partial charge in [0.1, 0.15) is 17.8 Å². The van der Waals surface area contributed by atoms with E-state index in [0.717, 1.165) is 30.3 Å². The van der Waals surface area contributed by atoms with E-state index in [9.17, 15) is 22.8 Å². The summed E-state index contributed by atoms with van der Waals surface area (Å²) in [5.74, 6) is 0.499. The molecule has 2 amide bonds. The molecule has 3 heterocycles. The molecule has 2 aromatic carbocycles. The van der Waals surface area contributed by atoms with Crippen LogP contribution in [0.1, 0.15) is 63.9 Å². The molecule has 1 fully saturated rings. The van der Waals surface area contributed by atoms with Crippen LogP contribution in [0.3, 0.4) is 0 Å². The Bertz CT molecular complexity index is 1760. The van der Waals surface area contributed by atoms with Crippen molar-refractivity contribution < 1.29 is 22.8 Å². The second kappa shape index (κ2) is 12.2. The van der Waals surface area contributed by atoms with Gasteiger partial charge in [-0.05, 0) is 65.8 Å². The number of fused-ring (bicyclic) bond motifs is 1. The minimum Gasteiger partial charge on any atom is -0.332 e. The lowest BCUT2D eigenvalue weighted by molar-refractivity contribution is -0.138. The van der Waals surface area contributed by atoms with Crippen molar-refractivity contribution in [2.45, 2.75) is 51.0 Å². The van der Waals surface area contributed by atoms with Gasteiger partial charge < -0.3 is 19.7 Å². The summed E-state index contributed by atoms with van der Waals surface area (Å²) in [6.07, 6.45) is 1.40. The van der Waals surface area contributed by atoms with Gasteiger partial charge in [-0.2, -0.15) is 28.6 Å². The molecule has 1 saturated carbocycles. The van der Waals surface area contributed by atoms with Crippen LogP contribution in [0.15, 0.2) is 61.6 Å². The highest BCUT2D eigenvalue weighted by molar-refractivity contribution is 6.10. The molecular formula is C32H34F3N9O2. The molecule has 0 bridgehead atoms. The van der Waals surface area contributed by atoms with Gasteiger partial charge in [-0.1, -0.05) is 25.6 Å². The maximum absolute atomic E-state index is 14.4. The molecule has 2 aromatic heterocycles. The van der Waals surface area contributed by atoms with Crippen LogP contribution in [-0.4, -0.2) is 60.0 Å². The molecule has 2 aliphatic rings. The summed E-state index contributed by atoms with van der Waals surface area (Å²) < 4.78 is 45.0. The standard InChI is InChI=1S/C32H34F3N9O2/c1-4-28(45)43(17-23-16-37-41-39-23)9-8-36-15-21-10-25-26(27(11-21)32(33,34)35)18-44(29(25)46)24-7-5-6-22(12-24)31(13-20(2)14-31)30-40-38-19-42(30)3/h4-7,10-12,16,19-20,36H,1,8-9,13-15,17-18H2,2-3H3,(H,37,39,41). The predicted octanol–water partition coefficient (Wildman–Crippen LogP) is 4.13. The first-order valence-corrected chi connectivity index (χ1v) is 15.0. The monoisotopic (exact) mass is 633 g/mol. The van der Waals surface area contributed by atoms with Crippen LogP contribution in [0.2, 0.25) is 0 Å². The SMILES string of the molecule is C=CC(=O)N(CCNCc1cc2c(c(C(F)(F)F)c1)CN(c1cccc(C3(c4nncn4C)CC(C)C3)c1)C2=O)Cc1cn[nH]n1. The highest BCUT2D eigenvalue weighted by atomic mass is 19.4. The van der Waals surface area contributed by atoms with Crippen LogP contribution in [0.5, 0.6) is 0 Å². The highest BCUT2D eigenvalue weighted by Crippen LogP contribution is 2.52. The molecule has 46 heavy (non-hydrogen) atoms. The van der Waals surface area contributed by atoms with Gasteiger partial charge in [-0.25, -0.2) is 0 Å².